The van der Waals surface area contributed by atoms with E-state index in [0.29, 0.717) is 24.8 Å². The Morgan fingerprint density at radius 1 is 1.44 bits per heavy atom. The maximum atomic E-state index is 9.07. The Hall–Kier alpha value is -1.44. The maximum Gasteiger partial charge on any atom is 0.158 e. The number of aliphatic hydroxyl groups is 1. The summed E-state index contributed by atoms with van der Waals surface area (Å²) >= 11 is 0. The summed E-state index contributed by atoms with van der Waals surface area (Å²) in [5.74, 6) is 7.21. The van der Waals surface area contributed by atoms with Crippen molar-refractivity contribution in [3.63, 3.8) is 0 Å². The van der Waals surface area contributed by atoms with E-state index in [4.69, 9.17) is 15.7 Å². The molecule has 4 N–H and O–H groups in total. The van der Waals surface area contributed by atoms with E-state index in [-0.39, 0.29) is 6.61 Å². The molecule has 1 rings (SSSR count). The van der Waals surface area contributed by atoms with Crippen LogP contribution in [0.15, 0.2) is 6.07 Å². The third-order valence-corrected chi connectivity index (χ3v) is 2.37. The van der Waals surface area contributed by atoms with Gasteiger partial charge in [-0.3, -0.25) is 0 Å². The summed E-state index contributed by atoms with van der Waals surface area (Å²) in [6.07, 6.45) is 0.967. The molecule has 0 aromatic carbocycles. The minimum absolute atomic E-state index is 0.0784. The van der Waals surface area contributed by atoms with Crippen LogP contribution in [0.5, 0.6) is 0 Å². The lowest BCUT2D eigenvalue weighted by molar-refractivity contribution is 0.178. The largest absolute Gasteiger partial charge is 0.395 e. The molecule has 0 unspecified atom stereocenters. The molecular weight excluding hydrogens is 234 g/mol. The fourth-order valence-electron chi connectivity index (χ4n) is 1.64. The van der Waals surface area contributed by atoms with Crippen LogP contribution in [0.4, 0.5) is 11.6 Å². The van der Waals surface area contributed by atoms with Crippen molar-refractivity contribution in [2.24, 2.45) is 5.84 Å². The molecule has 0 aliphatic carbocycles. The van der Waals surface area contributed by atoms with Gasteiger partial charge >= 0.3 is 0 Å². The molecule has 1 heterocycles. The van der Waals surface area contributed by atoms with Crippen LogP contribution >= 0.6 is 0 Å². The number of ether oxygens (including phenoxy) is 1. The molecular formula is C11H21N5O2. The maximum absolute atomic E-state index is 9.07. The summed E-state index contributed by atoms with van der Waals surface area (Å²) in [7, 11) is 1.59. The summed E-state index contributed by atoms with van der Waals surface area (Å²) in [4.78, 5) is 10.6. The first kappa shape index (κ1) is 14.6. The lowest BCUT2D eigenvalue weighted by Gasteiger charge is -2.23. The molecule has 0 bridgehead atoms. The van der Waals surface area contributed by atoms with Crippen molar-refractivity contribution >= 4 is 11.6 Å². The van der Waals surface area contributed by atoms with Gasteiger partial charge in [0.2, 0.25) is 0 Å². The number of hydrogen-bond donors (Lipinski definition) is 3. The van der Waals surface area contributed by atoms with Crippen molar-refractivity contribution in [3.8, 4) is 0 Å². The van der Waals surface area contributed by atoms with Crippen LogP contribution in [-0.2, 0) is 11.3 Å². The van der Waals surface area contributed by atoms with Gasteiger partial charge in [0.1, 0.15) is 18.2 Å². The van der Waals surface area contributed by atoms with E-state index in [1.807, 2.05) is 4.90 Å². The Balaban J connectivity index is 2.99. The average molecular weight is 255 g/mol. The predicted octanol–water partition coefficient (Wildman–Crippen LogP) is 0.117. The van der Waals surface area contributed by atoms with Gasteiger partial charge in [0, 0.05) is 26.3 Å². The van der Waals surface area contributed by atoms with Gasteiger partial charge in [-0.05, 0) is 6.42 Å². The SMILES string of the molecule is CCCN(CCO)c1cc(NN)nc(COC)n1. The number of aromatic nitrogens is 2. The van der Waals surface area contributed by atoms with Gasteiger partial charge in [-0.2, -0.15) is 0 Å². The quantitative estimate of drug-likeness (QED) is 0.448. The van der Waals surface area contributed by atoms with Crippen LogP contribution in [-0.4, -0.2) is 41.9 Å². The van der Waals surface area contributed by atoms with Crippen LogP contribution in [0, 0.1) is 0 Å². The van der Waals surface area contributed by atoms with Gasteiger partial charge < -0.3 is 20.2 Å². The Bertz CT molecular complexity index is 355. The molecule has 7 nitrogen and oxygen atoms in total. The third-order valence-electron chi connectivity index (χ3n) is 2.37. The fraction of sp³-hybridized carbons (Fsp3) is 0.636. The van der Waals surface area contributed by atoms with Crippen LogP contribution in [0.3, 0.4) is 0 Å². The molecule has 0 amide bonds. The van der Waals surface area contributed by atoms with Crippen molar-refractivity contribution < 1.29 is 9.84 Å². The monoisotopic (exact) mass is 255 g/mol. The highest BCUT2D eigenvalue weighted by Crippen LogP contribution is 2.16. The number of aliphatic hydroxyl groups excluding tert-OH is 1. The number of hydrogen-bond acceptors (Lipinski definition) is 7. The zero-order valence-corrected chi connectivity index (χ0v) is 10.9. The van der Waals surface area contributed by atoms with Gasteiger partial charge in [-0.15, -0.1) is 0 Å². The number of nitrogens with zero attached hydrogens (tertiary/aromatic N) is 3. The molecule has 1 aromatic heterocycles. The molecule has 0 atom stereocenters. The molecule has 18 heavy (non-hydrogen) atoms. The van der Waals surface area contributed by atoms with Gasteiger partial charge in [-0.25, -0.2) is 15.8 Å². The van der Waals surface area contributed by atoms with Gasteiger partial charge in [0.25, 0.3) is 0 Å². The summed E-state index contributed by atoms with van der Waals surface area (Å²) in [5, 5.41) is 9.07. The number of methoxy groups -OCH3 is 1. The first-order chi connectivity index (χ1) is 8.74. The normalized spacial score (nSPS) is 10.4. The van der Waals surface area contributed by atoms with Crippen LogP contribution in [0.2, 0.25) is 0 Å². The summed E-state index contributed by atoms with van der Waals surface area (Å²) in [6, 6.07) is 1.75. The minimum atomic E-state index is 0.0784. The second-order valence-electron chi connectivity index (χ2n) is 3.82. The number of rotatable bonds is 8. The predicted molar refractivity (Wildman–Crippen MR) is 70.1 cm³/mol. The molecule has 1 aromatic rings. The van der Waals surface area contributed by atoms with E-state index in [9.17, 15) is 0 Å². The molecule has 0 saturated carbocycles. The molecule has 0 spiro atoms. The highest BCUT2D eigenvalue weighted by atomic mass is 16.5. The lowest BCUT2D eigenvalue weighted by atomic mass is 10.3. The van der Waals surface area contributed by atoms with E-state index in [2.05, 4.69) is 22.3 Å². The number of nitrogens with two attached hydrogens (primary N) is 1. The summed E-state index contributed by atoms with van der Waals surface area (Å²) < 4.78 is 5.02. The molecule has 7 heteroatoms. The number of nitrogens with one attached hydrogen (secondary N) is 1. The van der Waals surface area contributed by atoms with E-state index in [1.165, 1.54) is 0 Å². The van der Waals surface area contributed by atoms with Crippen LogP contribution in [0.1, 0.15) is 19.2 Å². The fourth-order valence-corrected chi connectivity index (χ4v) is 1.64. The summed E-state index contributed by atoms with van der Waals surface area (Å²) in [6.45, 7) is 3.82. The minimum Gasteiger partial charge on any atom is -0.395 e. The van der Waals surface area contributed by atoms with Crippen molar-refractivity contribution in [1.29, 1.82) is 0 Å². The highest BCUT2D eigenvalue weighted by Gasteiger charge is 2.10. The third kappa shape index (κ3) is 4.10. The molecule has 102 valence electrons. The molecule has 0 aliphatic heterocycles. The number of hydrazine groups is 1. The second-order valence-corrected chi connectivity index (χ2v) is 3.82. The number of anilines is 2. The average Bonchev–Trinajstić information content (AvgIpc) is 2.38. The van der Waals surface area contributed by atoms with Gasteiger partial charge in [0.05, 0.1) is 6.61 Å². The Kier molecular flexibility index (Phi) is 6.34. The van der Waals surface area contributed by atoms with Crippen LogP contribution in [0.25, 0.3) is 0 Å². The standard InChI is InChI=1S/C11H21N5O2/c1-3-4-16(5-6-17)11-7-9(15-12)13-10(14-11)8-18-2/h7,17H,3-6,8,12H2,1-2H3,(H,13,14,15). The van der Waals surface area contributed by atoms with Crippen LogP contribution < -0.4 is 16.2 Å². The van der Waals surface area contributed by atoms with Gasteiger partial charge in [0.15, 0.2) is 5.82 Å². The van der Waals surface area contributed by atoms with Crippen molar-refractivity contribution in [1.82, 2.24) is 9.97 Å². The lowest BCUT2D eigenvalue weighted by Crippen LogP contribution is -2.29. The first-order valence-electron chi connectivity index (χ1n) is 5.94. The Labute approximate surface area is 107 Å². The molecule has 0 fully saturated rings. The van der Waals surface area contributed by atoms with E-state index in [0.717, 1.165) is 18.8 Å². The molecule has 0 saturated heterocycles. The molecule has 0 radical (unpaired) electrons. The van der Waals surface area contributed by atoms with Gasteiger partial charge in [-0.1, -0.05) is 6.92 Å². The smallest absolute Gasteiger partial charge is 0.158 e. The van der Waals surface area contributed by atoms with Crippen molar-refractivity contribution in [2.45, 2.75) is 20.0 Å². The topological polar surface area (TPSA) is 96.5 Å². The Morgan fingerprint density at radius 3 is 2.78 bits per heavy atom. The first-order valence-corrected chi connectivity index (χ1v) is 5.94. The number of nitrogen functional groups attached to an aromatic ring is 1. The van der Waals surface area contributed by atoms with Crippen molar-refractivity contribution in [3.05, 3.63) is 11.9 Å². The Morgan fingerprint density at radius 2 is 2.22 bits per heavy atom. The highest BCUT2D eigenvalue weighted by molar-refractivity contribution is 5.48. The van der Waals surface area contributed by atoms with E-state index < -0.39 is 0 Å². The summed E-state index contributed by atoms with van der Waals surface area (Å²) in [5.41, 5.74) is 2.51. The molecule has 0 aliphatic rings. The van der Waals surface area contributed by atoms with Crippen molar-refractivity contribution in [2.75, 3.05) is 37.1 Å². The van der Waals surface area contributed by atoms with E-state index in [1.54, 1.807) is 13.2 Å². The second kappa shape index (κ2) is 7.80. The van der Waals surface area contributed by atoms with E-state index >= 15 is 0 Å². The zero-order valence-electron chi connectivity index (χ0n) is 10.9. The zero-order chi connectivity index (χ0) is 13.4.